The molecule has 3 heterocycles. The van der Waals surface area contributed by atoms with Gasteiger partial charge >= 0.3 is 0 Å². The first-order chi connectivity index (χ1) is 13.8. The normalized spacial score (nSPS) is 15.5. The van der Waals surface area contributed by atoms with Gasteiger partial charge in [-0.25, -0.2) is 0 Å². The molecule has 28 heavy (non-hydrogen) atoms. The lowest BCUT2D eigenvalue weighted by atomic mass is 9.97. The SMILES string of the molecule is O=C(CCCc1nc(-c2ccncc2)no1)NCC1COc2ccccc2C1. The number of amides is 1. The van der Waals surface area contributed by atoms with Crippen LogP contribution in [0.5, 0.6) is 5.75 Å². The van der Waals surface area contributed by atoms with Crippen molar-refractivity contribution in [3.8, 4) is 17.1 Å². The third kappa shape index (κ3) is 4.54. The number of nitrogens with zero attached hydrogens (tertiary/aromatic N) is 3. The highest BCUT2D eigenvalue weighted by Gasteiger charge is 2.20. The van der Waals surface area contributed by atoms with E-state index >= 15 is 0 Å². The van der Waals surface area contributed by atoms with Crippen LogP contribution in [0.15, 0.2) is 53.3 Å². The third-order valence-corrected chi connectivity index (χ3v) is 4.74. The van der Waals surface area contributed by atoms with Crippen LogP contribution in [0.1, 0.15) is 24.3 Å². The second kappa shape index (κ2) is 8.65. The van der Waals surface area contributed by atoms with Crippen molar-refractivity contribution in [1.29, 1.82) is 0 Å². The van der Waals surface area contributed by atoms with Gasteiger partial charge in [-0.05, 0) is 36.6 Å². The van der Waals surface area contributed by atoms with Gasteiger partial charge in [0.25, 0.3) is 0 Å². The van der Waals surface area contributed by atoms with E-state index < -0.39 is 0 Å². The molecule has 1 amide bonds. The Labute approximate surface area is 163 Å². The zero-order chi connectivity index (χ0) is 19.2. The summed E-state index contributed by atoms with van der Waals surface area (Å²) < 4.78 is 11.0. The van der Waals surface area contributed by atoms with Crippen molar-refractivity contribution in [2.45, 2.75) is 25.7 Å². The Kier molecular flexibility index (Phi) is 5.61. The van der Waals surface area contributed by atoms with E-state index in [0.717, 1.165) is 17.7 Å². The van der Waals surface area contributed by atoms with Gasteiger partial charge in [0.2, 0.25) is 17.6 Å². The lowest BCUT2D eigenvalue weighted by molar-refractivity contribution is -0.121. The zero-order valence-corrected chi connectivity index (χ0v) is 15.5. The first-order valence-electron chi connectivity index (χ1n) is 9.48. The van der Waals surface area contributed by atoms with Gasteiger partial charge in [0.15, 0.2) is 0 Å². The number of rotatable bonds is 7. The maximum absolute atomic E-state index is 12.1. The molecule has 1 aliphatic rings. The first-order valence-corrected chi connectivity index (χ1v) is 9.48. The average Bonchev–Trinajstić information content (AvgIpc) is 3.22. The van der Waals surface area contributed by atoms with E-state index in [1.54, 1.807) is 12.4 Å². The Morgan fingerprint density at radius 3 is 2.93 bits per heavy atom. The number of ether oxygens (including phenoxy) is 1. The van der Waals surface area contributed by atoms with E-state index in [0.29, 0.717) is 50.0 Å². The fourth-order valence-electron chi connectivity index (χ4n) is 3.24. The van der Waals surface area contributed by atoms with Crippen LogP contribution in [0.25, 0.3) is 11.4 Å². The minimum absolute atomic E-state index is 0.0349. The van der Waals surface area contributed by atoms with Gasteiger partial charge in [-0.3, -0.25) is 9.78 Å². The number of hydrogen-bond acceptors (Lipinski definition) is 6. The van der Waals surface area contributed by atoms with Gasteiger partial charge < -0.3 is 14.6 Å². The van der Waals surface area contributed by atoms with Crippen molar-refractivity contribution in [3.05, 3.63) is 60.2 Å². The minimum atomic E-state index is 0.0349. The predicted octanol–water partition coefficient (Wildman–Crippen LogP) is 2.82. The quantitative estimate of drug-likeness (QED) is 0.680. The molecule has 1 unspecified atom stereocenters. The van der Waals surface area contributed by atoms with Crippen molar-refractivity contribution in [1.82, 2.24) is 20.4 Å². The molecule has 0 radical (unpaired) electrons. The highest BCUT2D eigenvalue weighted by Crippen LogP contribution is 2.26. The highest BCUT2D eigenvalue weighted by atomic mass is 16.5. The van der Waals surface area contributed by atoms with Crippen LogP contribution in [0.4, 0.5) is 0 Å². The Hall–Kier alpha value is -3.22. The van der Waals surface area contributed by atoms with Crippen LogP contribution in [0.2, 0.25) is 0 Å². The standard InChI is InChI=1S/C21H22N4O3/c26-19(23-13-15-12-17-4-1-2-5-18(17)27-14-15)6-3-7-20-24-21(25-28-20)16-8-10-22-11-9-16/h1-2,4-5,8-11,15H,3,6-7,12-14H2,(H,23,26). The highest BCUT2D eigenvalue weighted by molar-refractivity contribution is 5.75. The Bertz CT molecular complexity index is 926. The summed E-state index contributed by atoms with van der Waals surface area (Å²) in [5.41, 5.74) is 2.06. The Morgan fingerprint density at radius 1 is 1.18 bits per heavy atom. The minimum Gasteiger partial charge on any atom is -0.493 e. The molecule has 2 aromatic heterocycles. The van der Waals surface area contributed by atoms with E-state index in [1.165, 1.54) is 5.56 Å². The third-order valence-electron chi connectivity index (χ3n) is 4.74. The van der Waals surface area contributed by atoms with Crippen molar-refractivity contribution in [2.75, 3.05) is 13.2 Å². The van der Waals surface area contributed by atoms with Crippen LogP contribution in [0.3, 0.4) is 0 Å². The molecule has 1 aromatic carbocycles. The van der Waals surface area contributed by atoms with Gasteiger partial charge in [0.1, 0.15) is 5.75 Å². The van der Waals surface area contributed by atoms with Gasteiger partial charge in [-0.15, -0.1) is 0 Å². The lowest BCUT2D eigenvalue weighted by Gasteiger charge is -2.25. The number of carbonyl (C=O) groups is 1. The number of benzene rings is 1. The number of carbonyl (C=O) groups excluding carboxylic acids is 1. The molecule has 0 bridgehead atoms. The van der Waals surface area contributed by atoms with Gasteiger partial charge in [0, 0.05) is 43.3 Å². The number of para-hydroxylation sites is 1. The number of hydrogen-bond donors (Lipinski definition) is 1. The van der Waals surface area contributed by atoms with Crippen LogP contribution >= 0.6 is 0 Å². The fraction of sp³-hybridized carbons (Fsp3) is 0.333. The smallest absolute Gasteiger partial charge is 0.226 e. The van der Waals surface area contributed by atoms with Crippen molar-refractivity contribution >= 4 is 5.91 Å². The topological polar surface area (TPSA) is 90.1 Å². The van der Waals surface area contributed by atoms with Crippen molar-refractivity contribution < 1.29 is 14.1 Å². The molecule has 0 fully saturated rings. The molecule has 1 atom stereocenters. The molecule has 1 aliphatic heterocycles. The molecule has 0 aliphatic carbocycles. The molecular formula is C21H22N4O3. The Morgan fingerprint density at radius 2 is 2.04 bits per heavy atom. The summed E-state index contributed by atoms with van der Waals surface area (Å²) in [6.07, 6.45) is 5.96. The fourth-order valence-corrected chi connectivity index (χ4v) is 3.24. The molecule has 4 rings (SSSR count). The monoisotopic (exact) mass is 378 g/mol. The van der Waals surface area contributed by atoms with E-state index in [4.69, 9.17) is 9.26 Å². The van der Waals surface area contributed by atoms with E-state index in [2.05, 4.69) is 26.5 Å². The summed E-state index contributed by atoms with van der Waals surface area (Å²) in [6, 6.07) is 11.7. The van der Waals surface area contributed by atoms with E-state index in [1.807, 2.05) is 30.3 Å². The molecule has 0 saturated carbocycles. The largest absolute Gasteiger partial charge is 0.493 e. The summed E-state index contributed by atoms with van der Waals surface area (Å²) in [5.74, 6) is 2.37. The van der Waals surface area contributed by atoms with Gasteiger partial charge in [-0.1, -0.05) is 23.4 Å². The molecule has 0 spiro atoms. The number of fused-ring (bicyclic) bond motifs is 1. The summed E-state index contributed by atoms with van der Waals surface area (Å²) in [4.78, 5) is 20.5. The van der Waals surface area contributed by atoms with Gasteiger partial charge in [0.05, 0.1) is 6.61 Å². The molecular weight excluding hydrogens is 356 g/mol. The number of nitrogens with one attached hydrogen (secondary N) is 1. The second-order valence-corrected chi connectivity index (χ2v) is 6.89. The average molecular weight is 378 g/mol. The molecule has 7 heteroatoms. The number of aryl methyl sites for hydroxylation is 1. The number of aromatic nitrogens is 3. The Balaban J connectivity index is 1.18. The van der Waals surface area contributed by atoms with E-state index in [9.17, 15) is 4.79 Å². The van der Waals surface area contributed by atoms with Gasteiger partial charge in [-0.2, -0.15) is 4.98 Å². The maximum atomic E-state index is 12.1. The van der Waals surface area contributed by atoms with Crippen molar-refractivity contribution in [2.24, 2.45) is 5.92 Å². The second-order valence-electron chi connectivity index (χ2n) is 6.89. The van der Waals surface area contributed by atoms with Crippen LogP contribution in [-0.4, -0.2) is 34.2 Å². The molecule has 0 saturated heterocycles. The summed E-state index contributed by atoms with van der Waals surface area (Å²) in [7, 11) is 0. The molecule has 7 nitrogen and oxygen atoms in total. The van der Waals surface area contributed by atoms with Crippen molar-refractivity contribution in [3.63, 3.8) is 0 Å². The van der Waals surface area contributed by atoms with Crippen LogP contribution in [-0.2, 0) is 17.6 Å². The molecule has 3 aromatic rings. The lowest BCUT2D eigenvalue weighted by Crippen LogP contribution is -2.34. The van der Waals surface area contributed by atoms with Crippen LogP contribution < -0.4 is 10.1 Å². The summed E-state index contributed by atoms with van der Waals surface area (Å²) >= 11 is 0. The molecule has 144 valence electrons. The number of pyridine rings is 1. The first kappa shape index (κ1) is 18.2. The maximum Gasteiger partial charge on any atom is 0.226 e. The van der Waals surface area contributed by atoms with E-state index in [-0.39, 0.29) is 5.91 Å². The summed E-state index contributed by atoms with van der Waals surface area (Å²) in [5, 5.41) is 6.98. The predicted molar refractivity (Wildman–Crippen MR) is 103 cm³/mol. The van der Waals surface area contributed by atoms with Crippen LogP contribution in [0, 0.1) is 5.92 Å². The summed E-state index contributed by atoms with van der Waals surface area (Å²) in [6.45, 7) is 1.26. The molecule has 1 N–H and O–H groups in total. The zero-order valence-electron chi connectivity index (χ0n) is 15.5.